The number of anilines is 1. The summed E-state index contributed by atoms with van der Waals surface area (Å²) >= 11 is 0. The second kappa shape index (κ2) is 6.83. The van der Waals surface area contributed by atoms with Crippen molar-refractivity contribution in [2.24, 2.45) is 0 Å². The first kappa shape index (κ1) is 17.2. The molecule has 1 aromatic heterocycles. The highest BCUT2D eigenvalue weighted by atomic mass is 16.5. The van der Waals surface area contributed by atoms with Gasteiger partial charge < -0.3 is 19.7 Å². The molecule has 1 aliphatic heterocycles. The lowest BCUT2D eigenvalue weighted by atomic mass is 10.1. The van der Waals surface area contributed by atoms with Crippen molar-refractivity contribution in [3.8, 4) is 6.07 Å². The molecule has 7 heteroatoms. The number of hydrogen-bond acceptors (Lipinski definition) is 5. The predicted octanol–water partition coefficient (Wildman–Crippen LogP) is 2.21. The van der Waals surface area contributed by atoms with Crippen LogP contribution in [0.2, 0.25) is 0 Å². The van der Waals surface area contributed by atoms with E-state index in [0.717, 1.165) is 11.3 Å². The van der Waals surface area contributed by atoms with Crippen LogP contribution in [0, 0.1) is 18.3 Å². The van der Waals surface area contributed by atoms with Crippen molar-refractivity contribution in [1.29, 1.82) is 5.26 Å². The SMILES string of the molecule is Cc1ccc(N2CCO[C@H](C(O)c3nc4ccc(C#N)cc4[nH]3)C2=O)cc1. The van der Waals surface area contributed by atoms with Gasteiger partial charge in [-0.05, 0) is 37.3 Å². The van der Waals surface area contributed by atoms with Crippen LogP contribution in [0.15, 0.2) is 42.5 Å². The number of fused-ring (bicyclic) bond motifs is 1. The Balaban J connectivity index is 1.61. The number of aliphatic hydroxyl groups excluding tert-OH is 1. The van der Waals surface area contributed by atoms with Gasteiger partial charge in [0.1, 0.15) is 11.9 Å². The zero-order chi connectivity index (χ0) is 19.0. The summed E-state index contributed by atoms with van der Waals surface area (Å²) in [5.41, 5.74) is 3.61. The quantitative estimate of drug-likeness (QED) is 0.744. The number of benzene rings is 2. The average molecular weight is 362 g/mol. The molecule has 2 aromatic carbocycles. The van der Waals surface area contributed by atoms with Gasteiger partial charge in [0.2, 0.25) is 0 Å². The minimum absolute atomic E-state index is 0.240. The molecule has 2 atom stereocenters. The number of amides is 1. The van der Waals surface area contributed by atoms with E-state index in [-0.39, 0.29) is 11.7 Å². The first-order valence-corrected chi connectivity index (χ1v) is 8.64. The molecule has 4 rings (SSSR count). The number of aromatic nitrogens is 2. The molecule has 1 unspecified atom stereocenters. The predicted molar refractivity (Wildman–Crippen MR) is 99.0 cm³/mol. The van der Waals surface area contributed by atoms with Crippen LogP contribution in [0.3, 0.4) is 0 Å². The normalized spacial score (nSPS) is 18.5. The molecule has 1 fully saturated rings. The maximum absolute atomic E-state index is 12.9. The van der Waals surface area contributed by atoms with Crippen LogP contribution in [-0.4, -0.2) is 40.2 Å². The van der Waals surface area contributed by atoms with Crippen LogP contribution in [0.1, 0.15) is 23.1 Å². The Labute approximate surface area is 155 Å². The van der Waals surface area contributed by atoms with Crippen LogP contribution < -0.4 is 4.90 Å². The van der Waals surface area contributed by atoms with Gasteiger partial charge in [0.25, 0.3) is 5.91 Å². The third-order valence-electron chi connectivity index (χ3n) is 4.66. The van der Waals surface area contributed by atoms with Crippen molar-refractivity contribution in [3.05, 3.63) is 59.4 Å². The second-order valence-corrected chi connectivity index (χ2v) is 6.53. The highest BCUT2D eigenvalue weighted by Crippen LogP contribution is 2.27. The van der Waals surface area contributed by atoms with Crippen molar-refractivity contribution in [2.75, 3.05) is 18.1 Å². The summed E-state index contributed by atoms with van der Waals surface area (Å²) in [5, 5.41) is 19.7. The Morgan fingerprint density at radius 1 is 1.33 bits per heavy atom. The number of carbonyl (C=O) groups is 1. The minimum Gasteiger partial charge on any atom is -0.382 e. The van der Waals surface area contributed by atoms with Gasteiger partial charge >= 0.3 is 0 Å². The van der Waals surface area contributed by atoms with E-state index in [2.05, 4.69) is 16.0 Å². The van der Waals surface area contributed by atoms with Gasteiger partial charge in [-0.2, -0.15) is 5.26 Å². The largest absolute Gasteiger partial charge is 0.382 e. The molecule has 2 N–H and O–H groups in total. The number of ether oxygens (including phenoxy) is 1. The van der Waals surface area contributed by atoms with Gasteiger partial charge in [-0.1, -0.05) is 17.7 Å². The van der Waals surface area contributed by atoms with E-state index in [9.17, 15) is 9.90 Å². The molecule has 3 aromatic rings. The standard InChI is InChI=1S/C20H18N4O3/c1-12-2-5-14(6-3-12)24-8-9-27-18(20(24)26)17(25)19-22-15-7-4-13(11-21)10-16(15)23-19/h2-7,10,17-18,25H,8-9H2,1H3,(H,22,23)/t17?,18-/m1/s1. The summed E-state index contributed by atoms with van der Waals surface area (Å²) in [6, 6.07) is 14.7. The van der Waals surface area contributed by atoms with E-state index in [1.54, 1.807) is 23.1 Å². The molecule has 1 amide bonds. The summed E-state index contributed by atoms with van der Waals surface area (Å²) in [5.74, 6) is -0.0695. The number of carbonyl (C=O) groups excluding carboxylic acids is 1. The number of rotatable bonds is 3. The van der Waals surface area contributed by atoms with Crippen LogP contribution >= 0.6 is 0 Å². The number of aromatic amines is 1. The van der Waals surface area contributed by atoms with Crippen molar-refractivity contribution < 1.29 is 14.6 Å². The van der Waals surface area contributed by atoms with Crippen LogP contribution in [-0.2, 0) is 9.53 Å². The van der Waals surface area contributed by atoms with Crippen molar-refractivity contribution in [2.45, 2.75) is 19.1 Å². The molecule has 27 heavy (non-hydrogen) atoms. The second-order valence-electron chi connectivity index (χ2n) is 6.53. The van der Waals surface area contributed by atoms with Gasteiger partial charge in [-0.25, -0.2) is 4.98 Å². The van der Waals surface area contributed by atoms with Crippen molar-refractivity contribution >= 4 is 22.6 Å². The van der Waals surface area contributed by atoms with Gasteiger partial charge in [0.15, 0.2) is 6.10 Å². The smallest absolute Gasteiger partial charge is 0.259 e. The molecule has 0 spiro atoms. The Hall–Kier alpha value is -3.21. The third-order valence-corrected chi connectivity index (χ3v) is 4.66. The average Bonchev–Trinajstić information content (AvgIpc) is 3.11. The number of nitrogens with one attached hydrogen (secondary N) is 1. The number of nitriles is 1. The fourth-order valence-corrected chi connectivity index (χ4v) is 3.20. The number of morpholine rings is 1. The third kappa shape index (κ3) is 3.16. The summed E-state index contributed by atoms with van der Waals surface area (Å²) < 4.78 is 5.57. The van der Waals surface area contributed by atoms with Gasteiger partial charge in [0, 0.05) is 12.2 Å². The lowest BCUT2D eigenvalue weighted by molar-refractivity contribution is -0.143. The van der Waals surface area contributed by atoms with Crippen molar-refractivity contribution in [3.63, 3.8) is 0 Å². The number of nitrogens with zero attached hydrogens (tertiary/aromatic N) is 3. The number of imidazole rings is 1. The number of aryl methyl sites for hydroxylation is 1. The summed E-state index contributed by atoms with van der Waals surface area (Å²) in [6.07, 6.45) is -2.28. The Kier molecular flexibility index (Phi) is 4.36. The molecule has 0 radical (unpaired) electrons. The van der Waals surface area contributed by atoms with Crippen molar-refractivity contribution in [1.82, 2.24) is 9.97 Å². The van der Waals surface area contributed by atoms with Crippen LogP contribution in [0.5, 0.6) is 0 Å². The molecule has 7 nitrogen and oxygen atoms in total. The van der Waals surface area contributed by atoms with E-state index in [0.29, 0.717) is 29.7 Å². The lowest BCUT2D eigenvalue weighted by Gasteiger charge is -2.34. The first-order valence-electron chi connectivity index (χ1n) is 8.64. The fraction of sp³-hybridized carbons (Fsp3) is 0.250. The Morgan fingerprint density at radius 2 is 2.11 bits per heavy atom. The van der Waals surface area contributed by atoms with Crippen LogP contribution in [0.25, 0.3) is 11.0 Å². The molecule has 0 saturated carbocycles. The molecular weight excluding hydrogens is 344 g/mol. The van der Waals surface area contributed by atoms with E-state index in [4.69, 9.17) is 10.00 Å². The summed E-state index contributed by atoms with van der Waals surface area (Å²) in [4.78, 5) is 21.8. The molecule has 136 valence electrons. The monoisotopic (exact) mass is 362 g/mol. The number of H-pyrrole nitrogens is 1. The highest BCUT2D eigenvalue weighted by molar-refractivity contribution is 5.97. The number of hydrogen-bond donors (Lipinski definition) is 2. The summed E-state index contributed by atoms with van der Waals surface area (Å²) in [7, 11) is 0. The fourth-order valence-electron chi connectivity index (χ4n) is 3.20. The topological polar surface area (TPSA) is 102 Å². The van der Waals surface area contributed by atoms with Crippen LogP contribution in [0.4, 0.5) is 5.69 Å². The maximum atomic E-state index is 12.9. The van der Waals surface area contributed by atoms with E-state index < -0.39 is 12.2 Å². The van der Waals surface area contributed by atoms with Gasteiger partial charge in [-0.3, -0.25) is 4.79 Å². The van der Waals surface area contributed by atoms with Gasteiger partial charge in [0.05, 0.1) is 29.3 Å². The zero-order valence-electron chi connectivity index (χ0n) is 14.7. The Bertz CT molecular complexity index is 1040. The molecular formula is C20H18N4O3. The Morgan fingerprint density at radius 3 is 2.85 bits per heavy atom. The first-order chi connectivity index (χ1) is 13.1. The molecule has 2 heterocycles. The zero-order valence-corrected chi connectivity index (χ0v) is 14.7. The van der Waals surface area contributed by atoms with E-state index >= 15 is 0 Å². The maximum Gasteiger partial charge on any atom is 0.259 e. The lowest BCUT2D eigenvalue weighted by Crippen LogP contribution is -2.50. The van der Waals surface area contributed by atoms with Gasteiger partial charge in [-0.15, -0.1) is 0 Å². The minimum atomic E-state index is -1.23. The highest BCUT2D eigenvalue weighted by Gasteiger charge is 2.38. The summed E-state index contributed by atoms with van der Waals surface area (Å²) in [6.45, 7) is 2.73. The number of aliphatic hydroxyl groups is 1. The van der Waals surface area contributed by atoms with E-state index in [1.165, 1.54) is 0 Å². The molecule has 1 aliphatic rings. The molecule has 0 bridgehead atoms. The van der Waals surface area contributed by atoms with E-state index in [1.807, 2.05) is 31.2 Å². The molecule has 0 aliphatic carbocycles. The molecule has 1 saturated heterocycles.